The maximum absolute atomic E-state index is 13.9. The van der Waals surface area contributed by atoms with Crippen molar-refractivity contribution in [1.82, 2.24) is 14.5 Å². The topological polar surface area (TPSA) is 47.8 Å². The zero-order chi connectivity index (χ0) is 20.8. The first-order chi connectivity index (χ1) is 14.5. The molecule has 4 nitrogen and oxygen atoms in total. The molecule has 4 heterocycles. The Labute approximate surface area is 181 Å². The molecule has 5 rings (SSSR count). The Hall–Kier alpha value is -2.83. The van der Waals surface area contributed by atoms with Crippen LogP contribution in [0.15, 0.2) is 52.9 Å². The van der Waals surface area contributed by atoms with Crippen LogP contribution < -0.4 is 5.56 Å². The lowest BCUT2D eigenvalue weighted by atomic mass is 9.95. The summed E-state index contributed by atoms with van der Waals surface area (Å²) < 4.78 is 15.7. The van der Waals surface area contributed by atoms with Crippen molar-refractivity contribution in [1.29, 1.82) is 0 Å². The Morgan fingerprint density at radius 2 is 2.03 bits per heavy atom. The Morgan fingerprint density at radius 1 is 1.17 bits per heavy atom. The number of halogens is 2. The van der Waals surface area contributed by atoms with Crippen LogP contribution in [0.5, 0.6) is 0 Å². The van der Waals surface area contributed by atoms with Crippen LogP contribution in [0, 0.1) is 12.7 Å². The fraction of sp³-hybridized carbons (Fsp3) is 0.174. The minimum atomic E-state index is -0.475. The number of aromatic nitrogens is 3. The molecule has 0 saturated carbocycles. The van der Waals surface area contributed by atoms with Gasteiger partial charge in [-0.25, -0.2) is 9.37 Å². The van der Waals surface area contributed by atoms with Crippen LogP contribution in [-0.4, -0.2) is 14.5 Å². The molecule has 0 fully saturated rings. The van der Waals surface area contributed by atoms with Gasteiger partial charge in [-0.1, -0.05) is 17.7 Å². The third-order valence-corrected chi connectivity index (χ3v) is 6.65. The van der Waals surface area contributed by atoms with Gasteiger partial charge < -0.3 is 4.57 Å². The molecule has 0 N–H and O–H groups in total. The van der Waals surface area contributed by atoms with Gasteiger partial charge in [0.25, 0.3) is 5.56 Å². The zero-order valence-electron chi connectivity index (χ0n) is 16.2. The summed E-state index contributed by atoms with van der Waals surface area (Å²) in [6.45, 7) is 2.49. The van der Waals surface area contributed by atoms with E-state index in [1.165, 1.54) is 17.4 Å². The molecule has 4 aromatic rings. The Morgan fingerprint density at radius 3 is 2.80 bits per heavy atom. The molecule has 0 saturated heterocycles. The van der Waals surface area contributed by atoms with E-state index in [-0.39, 0.29) is 10.6 Å². The normalized spacial score (nSPS) is 12.9. The summed E-state index contributed by atoms with van der Waals surface area (Å²) >= 11 is 7.55. The van der Waals surface area contributed by atoms with E-state index in [9.17, 15) is 9.18 Å². The van der Waals surface area contributed by atoms with Crippen LogP contribution in [0.25, 0.3) is 33.0 Å². The standard InChI is InChI=1S/C23H17ClFN3OS/c1-13-12-30-22(27-13)17-10-16(15-4-5-20(25)19(24)9-15)21-18-11-26-7-6-14(18)3-2-8-28(21)23(17)29/h4-7,9-12H,2-3,8H2,1H3. The van der Waals surface area contributed by atoms with E-state index < -0.39 is 5.82 Å². The zero-order valence-corrected chi connectivity index (χ0v) is 17.7. The minimum Gasteiger partial charge on any atom is -0.307 e. The van der Waals surface area contributed by atoms with Crippen molar-refractivity contribution in [2.75, 3.05) is 0 Å². The Kier molecular flexibility index (Phi) is 4.76. The molecule has 0 atom stereocenters. The lowest BCUT2D eigenvalue weighted by Crippen LogP contribution is -2.24. The summed E-state index contributed by atoms with van der Waals surface area (Å²) in [5.74, 6) is -0.475. The molecule has 30 heavy (non-hydrogen) atoms. The molecule has 0 aliphatic carbocycles. The maximum atomic E-state index is 13.9. The van der Waals surface area contributed by atoms with Gasteiger partial charge in [-0.2, -0.15) is 0 Å². The van der Waals surface area contributed by atoms with Gasteiger partial charge in [0.2, 0.25) is 0 Å². The average Bonchev–Trinajstić information content (AvgIpc) is 3.07. The van der Waals surface area contributed by atoms with E-state index in [2.05, 4.69) is 9.97 Å². The molecule has 0 amide bonds. The summed E-state index contributed by atoms with van der Waals surface area (Å²) in [4.78, 5) is 22.4. The summed E-state index contributed by atoms with van der Waals surface area (Å²) in [5, 5.41) is 2.65. The van der Waals surface area contributed by atoms with Crippen LogP contribution >= 0.6 is 22.9 Å². The summed E-state index contributed by atoms with van der Waals surface area (Å²) in [6, 6.07) is 8.51. The summed E-state index contributed by atoms with van der Waals surface area (Å²) in [6.07, 6.45) is 5.27. The van der Waals surface area contributed by atoms with E-state index in [1.54, 1.807) is 24.5 Å². The molecule has 1 aliphatic rings. The number of thiazole rings is 1. The lowest BCUT2D eigenvalue weighted by molar-refractivity contribution is 0.628. The molecule has 1 aromatic carbocycles. The van der Waals surface area contributed by atoms with Crippen molar-refractivity contribution in [3.8, 4) is 33.0 Å². The van der Waals surface area contributed by atoms with Crippen molar-refractivity contribution in [2.45, 2.75) is 26.3 Å². The van der Waals surface area contributed by atoms with Gasteiger partial charge >= 0.3 is 0 Å². The van der Waals surface area contributed by atoms with Gasteiger partial charge in [0.05, 0.1) is 16.3 Å². The predicted molar refractivity (Wildman–Crippen MR) is 119 cm³/mol. The summed E-state index contributed by atoms with van der Waals surface area (Å²) in [7, 11) is 0. The molecular formula is C23H17ClFN3OS. The van der Waals surface area contributed by atoms with Crippen LogP contribution in [0.3, 0.4) is 0 Å². The SMILES string of the molecule is Cc1csc(-c2cc(-c3ccc(F)c(Cl)c3)c3n(c2=O)CCCc2ccncc2-3)n1. The van der Waals surface area contributed by atoms with Crippen molar-refractivity contribution in [3.63, 3.8) is 0 Å². The first-order valence-corrected chi connectivity index (χ1v) is 10.9. The number of aryl methyl sites for hydroxylation is 2. The second-order valence-corrected chi connectivity index (χ2v) is 8.60. The first-order valence-electron chi connectivity index (χ1n) is 9.62. The summed E-state index contributed by atoms with van der Waals surface area (Å²) in [5.41, 5.74) is 5.75. The Balaban J connectivity index is 1.88. The number of benzene rings is 1. The van der Waals surface area contributed by atoms with Crippen LogP contribution in [0.2, 0.25) is 5.02 Å². The second-order valence-electron chi connectivity index (χ2n) is 7.34. The number of rotatable bonds is 2. The second kappa shape index (κ2) is 7.45. The van der Waals surface area contributed by atoms with Crippen molar-refractivity contribution in [2.24, 2.45) is 0 Å². The van der Waals surface area contributed by atoms with Gasteiger partial charge in [0.15, 0.2) is 0 Å². The predicted octanol–water partition coefficient (Wildman–Crippen LogP) is 5.75. The van der Waals surface area contributed by atoms with E-state index in [4.69, 9.17) is 11.6 Å². The minimum absolute atomic E-state index is 0.0455. The highest BCUT2D eigenvalue weighted by molar-refractivity contribution is 7.13. The highest BCUT2D eigenvalue weighted by Crippen LogP contribution is 2.38. The van der Waals surface area contributed by atoms with Crippen LogP contribution in [-0.2, 0) is 13.0 Å². The molecule has 0 unspecified atom stereocenters. The third kappa shape index (κ3) is 3.16. The van der Waals surface area contributed by atoms with E-state index in [0.29, 0.717) is 17.1 Å². The number of nitrogens with zero attached hydrogens (tertiary/aromatic N) is 3. The molecule has 7 heteroatoms. The maximum Gasteiger partial charge on any atom is 0.261 e. The van der Waals surface area contributed by atoms with Crippen molar-refractivity contribution < 1.29 is 4.39 Å². The highest BCUT2D eigenvalue weighted by Gasteiger charge is 2.24. The largest absolute Gasteiger partial charge is 0.307 e. The third-order valence-electron chi connectivity index (χ3n) is 5.36. The molecular weight excluding hydrogens is 421 g/mol. The quantitative estimate of drug-likeness (QED) is 0.401. The van der Waals surface area contributed by atoms with Crippen LogP contribution in [0.4, 0.5) is 4.39 Å². The van der Waals surface area contributed by atoms with Gasteiger partial charge in [0, 0.05) is 41.1 Å². The number of pyridine rings is 2. The number of fused-ring (bicyclic) bond motifs is 3. The Bertz CT molecular complexity index is 1340. The molecule has 150 valence electrons. The number of hydrogen-bond acceptors (Lipinski definition) is 4. The van der Waals surface area contributed by atoms with Crippen molar-refractivity contribution in [3.05, 3.63) is 80.6 Å². The molecule has 0 spiro atoms. The average molecular weight is 438 g/mol. The molecule has 0 radical (unpaired) electrons. The monoisotopic (exact) mass is 437 g/mol. The van der Waals surface area contributed by atoms with E-state index in [1.807, 2.05) is 29.0 Å². The van der Waals surface area contributed by atoms with Gasteiger partial charge in [-0.05, 0) is 55.2 Å². The molecule has 1 aliphatic heterocycles. The first kappa shape index (κ1) is 19.2. The van der Waals surface area contributed by atoms with Gasteiger partial charge in [-0.3, -0.25) is 9.78 Å². The fourth-order valence-electron chi connectivity index (χ4n) is 3.97. The molecule has 0 bridgehead atoms. The smallest absolute Gasteiger partial charge is 0.261 e. The number of hydrogen-bond donors (Lipinski definition) is 0. The molecule has 3 aromatic heterocycles. The van der Waals surface area contributed by atoms with Crippen molar-refractivity contribution >= 4 is 22.9 Å². The highest BCUT2D eigenvalue weighted by atomic mass is 35.5. The van der Waals surface area contributed by atoms with E-state index >= 15 is 0 Å². The fourth-order valence-corrected chi connectivity index (χ4v) is 4.95. The lowest BCUT2D eigenvalue weighted by Gasteiger charge is -2.18. The van der Waals surface area contributed by atoms with Gasteiger partial charge in [0.1, 0.15) is 10.8 Å². The van der Waals surface area contributed by atoms with E-state index in [0.717, 1.165) is 46.5 Å². The van der Waals surface area contributed by atoms with Crippen LogP contribution in [0.1, 0.15) is 17.7 Å². The van der Waals surface area contributed by atoms with Gasteiger partial charge in [-0.15, -0.1) is 11.3 Å².